The lowest BCUT2D eigenvalue weighted by Gasteiger charge is -2.21. The van der Waals surface area contributed by atoms with Crippen molar-refractivity contribution in [2.45, 2.75) is 58.0 Å². The van der Waals surface area contributed by atoms with Gasteiger partial charge in [0.2, 0.25) is 6.10 Å². The molecule has 0 aromatic carbocycles. The molecule has 0 bridgehead atoms. The molecule has 1 atom stereocenters. The molecule has 0 radical (unpaired) electrons. The Kier molecular flexibility index (Phi) is 6.91. The van der Waals surface area contributed by atoms with Crippen molar-refractivity contribution >= 4 is 17.7 Å². The van der Waals surface area contributed by atoms with Crippen LogP contribution in [0.1, 0.15) is 51.9 Å². The first-order valence-corrected chi connectivity index (χ1v) is 7.25. The van der Waals surface area contributed by atoms with Crippen molar-refractivity contribution in [3.63, 3.8) is 0 Å². The molecule has 1 aliphatic rings. The van der Waals surface area contributed by atoms with E-state index in [-0.39, 0.29) is 24.2 Å². The highest BCUT2D eigenvalue weighted by Crippen LogP contribution is 2.22. The third-order valence-electron chi connectivity index (χ3n) is 3.37. The second-order valence-electron chi connectivity index (χ2n) is 5.03. The summed E-state index contributed by atoms with van der Waals surface area (Å²) < 4.78 is 9.27. The number of carbonyl (C=O) groups is 3. The van der Waals surface area contributed by atoms with Gasteiger partial charge >= 0.3 is 11.9 Å². The SMILES string of the molecule is CCCCCCCC(O)=C1C(=O)C[C@H](C(=O)OC)OC1=O. The summed E-state index contributed by atoms with van der Waals surface area (Å²) in [4.78, 5) is 34.9. The summed E-state index contributed by atoms with van der Waals surface area (Å²) in [6, 6.07) is 0. The van der Waals surface area contributed by atoms with Gasteiger partial charge in [-0.15, -0.1) is 0 Å². The molecule has 21 heavy (non-hydrogen) atoms. The maximum atomic E-state index is 11.9. The largest absolute Gasteiger partial charge is 0.511 e. The Labute approximate surface area is 124 Å². The predicted octanol–water partition coefficient (Wildman–Crippen LogP) is 2.22. The number of Topliss-reactive ketones (excluding diaryl/α,β-unsaturated/α-hetero) is 1. The topological polar surface area (TPSA) is 89.9 Å². The van der Waals surface area contributed by atoms with E-state index in [9.17, 15) is 19.5 Å². The fourth-order valence-electron chi connectivity index (χ4n) is 2.18. The summed E-state index contributed by atoms with van der Waals surface area (Å²) in [5.74, 6) is -2.54. The first kappa shape index (κ1) is 17.2. The number of hydrogen-bond donors (Lipinski definition) is 1. The van der Waals surface area contributed by atoms with Gasteiger partial charge in [0.15, 0.2) is 5.78 Å². The highest BCUT2D eigenvalue weighted by molar-refractivity contribution is 6.20. The summed E-state index contributed by atoms with van der Waals surface area (Å²) in [7, 11) is 1.15. The summed E-state index contributed by atoms with van der Waals surface area (Å²) in [5.41, 5.74) is -0.328. The fourth-order valence-corrected chi connectivity index (χ4v) is 2.18. The number of ketones is 1. The summed E-state index contributed by atoms with van der Waals surface area (Å²) >= 11 is 0. The van der Waals surface area contributed by atoms with Crippen LogP contribution in [0.15, 0.2) is 11.3 Å². The van der Waals surface area contributed by atoms with E-state index in [0.29, 0.717) is 6.42 Å². The van der Waals surface area contributed by atoms with E-state index in [0.717, 1.165) is 32.8 Å². The Morgan fingerprint density at radius 3 is 2.52 bits per heavy atom. The molecule has 1 fully saturated rings. The summed E-state index contributed by atoms with van der Waals surface area (Å²) in [6.07, 6.45) is 3.70. The molecule has 0 aliphatic carbocycles. The van der Waals surface area contributed by atoms with Crippen molar-refractivity contribution in [3.8, 4) is 0 Å². The van der Waals surface area contributed by atoms with E-state index in [1.807, 2.05) is 0 Å². The van der Waals surface area contributed by atoms with Crippen LogP contribution in [0.2, 0.25) is 0 Å². The van der Waals surface area contributed by atoms with Gasteiger partial charge in [0.25, 0.3) is 0 Å². The molecule has 6 nitrogen and oxygen atoms in total. The van der Waals surface area contributed by atoms with E-state index in [2.05, 4.69) is 11.7 Å². The van der Waals surface area contributed by atoms with Gasteiger partial charge in [-0.2, -0.15) is 0 Å². The fraction of sp³-hybridized carbons (Fsp3) is 0.667. The quantitative estimate of drug-likeness (QED) is 0.255. The van der Waals surface area contributed by atoms with Gasteiger partial charge in [0.05, 0.1) is 13.5 Å². The first-order chi connectivity index (χ1) is 10.0. The van der Waals surface area contributed by atoms with Gasteiger partial charge in [0.1, 0.15) is 11.3 Å². The lowest BCUT2D eigenvalue weighted by Crippen LogP contribution is -2.38. The van der Waals surface area contributed by atoms with E-state index < -0.39 is 23.8 Å². The van der Waals surface area contributed by atoms with Crippen molar-refractivity contribution in [1.29, 1.82) is 0 Å². The van der Waals surface area contributed by atoms with Crippen LogP contribution in [0.3, 0.4) is 0 Å². The second kappa shape index (κ2) is 8.44. The molecule has 0 aromatic heterocycles. The first-order valence-electron chi connectivity index (χ1n) is 7.25. The Morgan fingerprint density at radius 1 is 1.29 bits per heavy atom. The van der Waals surface area contributed by atoms with Crippen molar-refractivity contribution in [2.24, 2.45) is 0 Å². The summed E-state index contributed by atoms with van der Waals surface area (Å²) in [5, 5.41) is 9.90. The van der Waals surface area contributed by atoms with Crippen LogP contribution < -0.4 is 0 Å². The number of rotatable bonds is 7. The molecular weight excluding hydrogens is 276 g/mol. The zero-order chi connectivity index (χ0) is 15.8. The number of aliphatic hydroxyl groups is 1. The van der Waals surface area contributed by atoms with E-state index in [1.54, 1.807) is 0 Å². The van der Waals surface area contributed by atoms with Crippen molar-refractivity contribution in [1.82, 2.24) is 0 Å². The molecule has 0 spiro atoms. The number of ether oxygens (including phenoxy) is 2. The zero-order valence-electron chi connectivity index (χ0n) is 12.5. The maximum absolute atomic E-state index is 11.9. The molecule has 118 valence electrons. The molecule has 0 amide bonds. The van der Waals surface area contributed by atoms with Crippen LogP contribution in [0.4, 0.5) is 0 Å². The average molecular weight is 298 g/mol. The Balaban J connectivity index is 2.61. The lowest BCUT2D eigenvalue weighted by atomic mass is 9.98. The minimum atomic E-state index is -1.21. The third-order valence-corrected chi connectivity index (χ3v) is 3.37. The molecular formula is C15H22O6. The molecule has 1 heterocycles. The van der Waals surface area contributed by atoms with Crippen LogP contribution in [0.5, 0.6) is 0 Å². The standard InChI is InChI=1S/C15H22O6/c1-3-4-5-6-7-8-10(16)13-11(17)9-12(14(18)20-2)21-15(13)19/h12,16H,3-9H2,1-2H3/t12-/m1/s1. The number of allylic oxidation sites excluding steroid dienone is 1. The molecule has 0 unspecified atom stereocenters. The third kappa shape index (κ3) is 4.88. The second-order valence-corrected chi connectivity index (χ2v) is 5.03. The number of hydrogen-bond acceptors (Lipinski definition) is 6. The van der Waals surface area contributed by atoms with Gasteiger partial charge in [-0.25, -0.2) is 9.59 Å². The monoisotopic (exact) mass is 298 g/mol. The minimum absolute atomic E-state index is 0.246. The average Bonchev–Trinajstić information content (AvgIpc) is 2.45. The molecule has 6 heteroatoms. The minimum Gasteiger partial charge on any atom is -0.511 e. The van der Waals surface area contributed by atoms with E-state index >= 15 is 0 Å². The van der Waals surface area contributed by atoms with E-state index in [4.69, 9.17) is 4.74 Å². The van der Waals surface area contributed by atoms with Crippen LogP contribution in [-0.2, 0) is 23.9 Å². The lowest BCUT2D eigenvalue weighted by molar-refractivity contribution is -0.168. The van der Waals surface area contributed by atoms with Gasteiger partial charge < -0.3 is 14.6 Å². The highest BCUT2D eigenvalue weighted by Gasteiger charge is 2.38. The smallest absolute Gasteiger partial charge is 0.347 e. The predicted molar refractivity (Wildman–Crippen MR) is 74.6 cm³/mol. The summed E-state index contributed by atoms with van der Waals surface area (Å²) in [6.45, 7) is 2.11. The van der Waals surface area contributed by atoms with E-state index in [1.165, 1.54) is 0 Å². The Bertz CT molecular complexity index is 417. The van der Waals surface area contributed by atoms with Gasteiger partial charge in [-0.05, 0) is 6.42 Å². The number of aliphatic hydroxyl groups excluding tert-OH is 1. The van der Waals surface area contributed by atoms with Crippen molar-refractivity contribution < 1.29 is 29.0 Å². The number of unbranched alkanes of at least 4 members (excludes halogenated alkanes) is 4. The van der Waals surface area contributed by atoms with Gasteiger partial charge in [-0.1, -0.05) is 32.6 Å². The number of esters is 2. The van der Waals surface area contributed by atoms with Gasteiger partial charge in [-0.3, -0.25) is 4.79 Å². The Morgan fingerprint density at radius 2 is 1.95 bits per heavy atom. The maximum Gasteiger partial charge on any atom is 0.347 e. The molecule has 1 aliphatic heterocycles. The number of carbonyl (C=O) groups excluding carboxylic acids is 3. The van der Waals surface area contributed by atoms with Crippen LogP contribution in [0, 0.1) is 0 Å². The van der Waals surface area contributed by atoms with Gasteiger partial charge in [0, 0.05) is 6.42 Å². The van der Waals surface area contributed by atoms with Crippen LogP contribution in [0.25, 0.3) is 0 Å². The molecule has 0 saturated carbocycles. The van der Waals surface area contributed by atoms with Crippen LogP contribution >= 0.6 is 0 Å². The normalized spacial score (nSPS) is 21.0. The van der Waals surface area contributed by atoms with Crippen molar-refractivity contribution in [3.05, 3.63) is 11.3 Å². The molecule has 0 aromatic rings. The zero-order valence-corrected chi connectivity index (χ0v) is 12.5. The highest BCUT2D eigenvalue weighted by atomic mass is 16.6. The van der Waals surface area contributed by atoms with Crippen LogP contribution in [-0.4, -0.2) is 36.0 Å². The molecule has 1 rings (SSSR count). The van der Waals surface area contributed by atoms with Crippen molar-refractivity contribution in [2.75, 3.05) is 7.11 Å². The number of methoxy groups -OCH3 is 1. The Hall–Kier alpha value is -1.85. The molecule has 1 saturated heterocycles. The number of cyclic esters (lactones) is 1. The molecule has 1 N–H and O–H groups in total.